The maximum Gasteiger partial charge on any atom is 0.248 e. The van der Waals surface area contributed by atoms with Crippen molar-refractivity contribution in [1.82, 2.24) is 24.7 Å². The first-order chi connectivity index (χ1) is 19.5. The summed E-state index contributed by atoms with van der Waals surface area (Å²) in [4.78, 5) is 24.9. The van der Waals surface area contributed by atoms with Crippen LogP contribution in [0.1, 0.15) is 30.7 Å². The summed E-state index contributed by atoms with van der Waals surface area (Å²) in [6, 6.07) is 14.2. The minimum atomic E-state index is -1.24. The molecule has 0 fully saturated rings. The summed E-state index contributed by atoms with van der Waals surface area (Å²) in [5, 5.41) is 19.4. The number of hydrogen-bond donors (Lipinski definition) is 3. The van der Waals surface area contributed by atoms with E-state index >= 15 is 0 Å². The molecule has 11 heteroatoms. The lowest BCUT2D eigenvalue weighted by atomic mass is 9.96. The summed E-state index contributed by atoms with van der Waals surface area (Å²) in [5.41, 5.74) is 8.20. The van der Waals surface area contributed by atoms with Crippen molar-refractivity contribution in [3.8, 4) is 23.1 Å². The van der Waals surface area contributed by atoms with Gasteiger partial charge >= 0.3 is 0 Å². The van der Waals surface area contributed by atoms with Crippen molar-refractivity contribution in [2.45, 2.75) is 26.4 Å². The van der Waals surface area contributed by atoms with E-state index in [1.807, 2.05) is 19.1 Å². The van der Waals surface area contributed by atoms with Gasteiger partial charge in [-0.05, 0) is 57.2 Å². The van der Waals surface area contributed by atoms with E-state index < -0.39 is 11.5 Å². The predicted octanol–water partition coefficient (Wildman–Crippen LogP) is 4.79. The van der Waals surface area contributed by atoms with Crippen LogP contribution in [-0.2, 0) is 10.4 Å². The van der Waals surface area contributed by atoms with E-state index in [9.17, 15) is 9.90 Å². The molecule has 0 saturated carbocycles. The summed E-state index contributed by atoms with van der Waals surface area (Å²) in [6.45, 7) is 9.06. The van der Waals surface area contributed by atoms with Gasteiger partial charge in [-0.15, -0.1) is 5.10 Å². The number of anilines is 2. The van der Waals surface area contributed by atoms with Crippen LogP contribution in [0, 0.1) is 6.92 Å². The molecule has 0 radical (unpaired) electrons. The number of aryl methyl sites for hydroxylation is 1. The van der Waals surface area contributed by atoms with Crippen LogP contribution < -0.4 is 20.5 Å². The van der Waals surface area contributed by atoms with E-state index in [1.165, 1.54) is 13.4 Å². The number of rotatable bonds is 9. The summed E-state index contributed by atoms with van der Waals surface area (Å²) in [5.74, 6) is 1.05. The number of fused-ring (bicyclic) bond motifs is 1. The number of hydrogen-bond acceptors (Lipinski definition) is 9. The molecular weight excluding hydrogens is 522 g/mol. The number of benzene rings is 2. The second kappa shape index (κ2) is 10.7. The van der Waals surface area contributed by atoms with Crippen LogP contribution in [0.4, 0.5) is 11.5 Å². The van der Waals surface area contributed by atoms with E-state index in [4.69, 9.17) is 15.2 Å². The van der Waals surface area contributed by atoms with Crippen LogP contribution in [0.5, 0.6) is 17.4 Å². The highest BCUT2D eigenvalue weighted by molar-refractivity contribution is 6.19. The zero-order valence-electron chi connectivity index (χ0n) is 23.0. The smallest absolute Gasteiger partial charge is 0.248 e. The fraction of sp³-hybridized carbons (Fsp3) is 0.167. The van der Waals surface area contributed by atoms with E-state index in [0.717, 1.165) is 11.4 Å². The van der Waals surface area contributed by atoms with Gasteiger partial charge in [0.2, 0.25) is 11.8 Å². The van der Waals surface area contributed by atoms with Crippen LogP contribution in [-0.4, -0.2) is 42.9 Å². The van der Waals surface area contributed by atoms with Gasteiger partial charge in [0.1, 0.15) is 23.6 Å². The van der Waals surface area contributed by atoms with Crippen molar-refractivity contribution < 1.29 is 19.4 Å². The molecule has 0 bridgehead atoms. The number of carbonyl (C=O) groups excluding carboxylic acids is 1. The van der Waals surface area contributed by atoms with Crippen molar-refractivity contribution in [3.05, 3.63) is 90.7 Å². The Kier molecular flexibility index (Phi) is 7.12. The normalized spacial score (nSPS) is 11.3. The Morgan fingerprint density at radius 1 is 1.10 bits per heavy atom. The van der Waals surface area contributed by atoms with Gasteiger partial charge in [-0.25, -0.2) is 14.6 Å². The first-order valence-corrected chi connectivity index (χ1v) is 12.7. The molecule has 0 aliphatic heterocycles. The molecule has 4 N–H and O–H groups in total. The molecule has 208 valence electrons. The average Bonchev–Trinajstić information content (AvgIpc) is 3.41. The van der Waals surface area contributed by atoms with E-state index in [-0.39, 0.29) is 5.57 Å². The minimum Gasteiger partial charge on any atom is -0.496 e. The van der Waals surface area contributed by atoms with Crippen LogP contribution in [0.2, 0.25) is 0 Å². The Morgan fingerprint density at radius 3 is 2.59 bits per heavy atom. The SMILES string of the molecule is C=C(C(N)=O)c1cc2c(Nc3ccc(Oc4ccn(-c5ccc(C)nc5)n4)cc3C(C)(C)O)ncnc2cc1OC. The minimum absolute atomic E-state index is 0.0957. The standard InChI is InChI=1S/C30H29N7O4/c1-17-6-7-19(15-32-17)37-11-10-27(36-37)41-20-8-9-24(23(12-20)30(3,4)39)35-29-22-13-21(18(2)28(31)38)26(40-5)14-25(22)33-16-34-29/h6-16,39H,2H2,1,3-5H3,(H2,31,38)(H,33,34,35). The number of nitrogens with one attached hydrogen (secondary N) is 1. The Morgan fingerprint density at radius 2 is 1.90 bits per heavy atom. The van der Waals surface area contributed by atoms with Crippen LogP contribution in [0.3, 0.4) is 0 Å². The summed E-state index contributed by atoms with van der Waals surface area (Å²) >= 11 is 0. The second-order valence-corrected chi connectivity index (χ2v) is 9.88. The van der Waals surface area contributed by atoms with Gasteiger partial charge in [-0.3, -0.25) is 9.78 Å². The average molecular weight is 552 g/mol. The topological polar surface area (TPSA) is 150 Å². The molecule has 0 aliphatic rings. The van der Waals surface area contributed by atoms with Crippen LogP contribution in [0.15, 0.2) is 73.8 Å². The van der Waals surface area contributed by atoms with Crippen molar-refractivity contribution >= 4 is 33.9 Å². The zero-order chi connectivity index (χ0) is 29.3. The zero-order valence-corrected chi connectivity index (χ0v) is 23.0. The van der Waals surface area contributed by atoms with Gasteiger partial charge in [0.15, 0.2) is 0 Å². The number of aliphatic hydroxyl groups is 1. The molecule has 3 heterocycles. The monoisotopic (exact) mass is 551 g/mol. The number of nitrogens with zero attached hydrogens (tertiary/aromatic N) is 5. The number of amides is 1. The predicted molar refractivity (Wildman–Crippen MR) is 155 cm³/mol. The fourth-order valence-corrected chi connectivity index (χ4v) is 4.27. The van der Waals surface area contributed by atoms with Gasteiger partial charge in [-0.1, -0.05) is 6.58 Å². The summed E-state index contributed by atoms with van der Waals surface area (Å²) in [6.07, 6.45) is 4.93. The van der Waals surface area contributed by atoms with Gasteiger partial charge in [0.25, 0.3) is 0 Å². The van der Waals surface area contributed by atoms with Gasteiger partial charge in [0.05, 0.1) is 30.1 Å². The van der Waals surface area contributed by atoms with Crippen molar-refractivity contribution in [1.29, 1.82) is 0 Å². The van der Waals surface area contributed by atoms with E-state index in [2.05, 4.69) is 31.9 Å². The van der Waals surface area contributed by atoms with E-state index in [1.54, 1.807) is 67.3 Å². The Labute approximate surface area is 236 Å². The fourth-order valence-electron chi connectivity index (χ4n) is 4.27. The van der Waals surface area contributed by atoms with Gasteiger partial charge in [-0.2, -0.15) is 0 Å². The summed E-state index contributed by atoms with van der Waals surface area (Å²) in [7, 11) is 1.49. The molecule has 3 aromatic heterocycles. The van der Waals surface area contributed by atoms with Gasteiger partial charge in [0, 0.05) is 51.8 Å². The molecule has 41 heavy (non-hydrogen) atoms. The molecule has 5 aromatic rings. The third-order valence-corrected chi connectivity index (χ3v) is 6.43. The molecule has 1 amide bonds. The third-order valence-electron chi connectivity index (χ3n) is 6.43. The Bertz CT molecular complexity index is 1770. The number of ether oxygens (including phenoxy) is 2. The molecule has 0 aliphatic carbocycles. The lowest BCUT2D eigenvalue weighted by Gasteiger charge is -2.23. The van der Waals surface area contributed by atoms with Crippen molar-refractivity contribution in [2.75, 3.05) is 12.4 Å². The maximum atomic E-state index is 11.9. The van der Waals surface area contributed by atoms with Crippen LogP contribution >= 0.6 is 0 Å². The molecule has 0 atom stereocenters. The first kappa shape index (κ1) is 27.3. The summed E-state index contributed by atoms with van der Waals surface area (Å²) < 4.78 is 13.1. The third kappa shape index (κ3) is 5.70. The number of pyridine rings is 1. The lowest BCUT2D eigenvalue weighted by Crippen LogP contribution is -2.18. The number of nitrogens with two attached hydrogens (primary N) is 1. The highest BCUT2D eigenvalue weighted by Gasteiger charge is 2.23. The molecule has 0 spiro atoms. The lowest BCUT2D eigenvalue weighted by molar-refractivity contribution is -0.112. The molecule has 11 nitrogen and oxygen atoms in total. The first-order valence-electron chi connectivity index (χ1n) is 12.7. The Balaban J connectivity index is 1.48. The number of aromatic nitrogens is 5. The maximum absolute atomic E-state index is 11.9. The molecule has 0 saturated heterocycles. The van der Waals surface area contributed by atoms with Gasteiger partial charge < -0.3 is 25.6 Å². The largest absolute Gasteiger partial charge is 0.496 e. The highest BCUT2D eigenvalue weighted by Crippen LogP contribution is 2.37. The highest BCUT2D eigenvalue weighted by atomic mass is 16.5. The number of carbonyl (C=O) groups is 1. The Hall–Kier alpha value is -5.29. The molecule has 2 aromatic carbocycles. The number of methoxy groups -OCH3 is 1. The quantitative estimate of drug-likeness (QED) is 0.220. The molecular formula is C30H29N7O4. The number of primary amides is 1. The molecule has 5 rings (SSSR count). The van der Waals surface area contributed by atoms with Crippen molar-refractivity contribution in [2.24, 2.45) is 5.73 Å². The second-order valence-electron chi connectivity index (χ2n) is 9.88. The van der Waals surface area contributed by atoms with E-state index in [0.29, 0.717) is 50.9 Å². The van der Waals surface area contributed by atoms with Crippen LogP contribution in [0.25, 0.3) is 22.2 Å². The molecule has 0 unspecified atom stereocenters. The van der Waals surface area contributed by atoms with Crippen molar-refractivity contribution in [3.63, 3.8) is 0 Å².